The van der Waals surface area contributed by atoms with E-state index >= 15 is 0 Å². The normalized spacial score (nSPS) is 11.9. The van der Waals surface area contributed by atoms with Gasteiger partial charge in [-0.15, -0.1) is 47.1 Å². The first-order valence-corrected chi connectivity index (χ1v) is 21.4. The number of rotatable bonds is 6. The van der Waals surface area contributed by atoms with Gasteiger partial charge in [-0.2, -0.15) is 17.2 Å². The van der Waals surface area contributed by atoms with Crippen LogP contribution in [0.5, 0.6) is 11.5 Å². The molecule has 0 unspecified atom stereocenters. The van der Waals surface area contributed by atoms with E-state index in [1.54, 1.807) is 0 Å². The van der Waals surface area contributed by atoms with Crippen molar-refractivity contribution < 1.29 is 25.8 Å². The molecule has 0 aliphatic heterocycles. The number of aryl methyl sites for hydroxylation is 6. The second-order valence-electron chi connectivity index (χ2n) is 17.4. The zero-order chi connectivity index (χ0) is 41.6. The molecule has 0 aliphatic carbocycles. The maximum Gasteiger partial charge on any atom is 2.00 e. The standard InChI is InChI=1S/C54H46N4OS.Pt/c1-31-23-33(3)49(34(4)24-31)44-30-57(56-52(44)50-35(5)25-32(2)26-36(50)6)38-13-12-14-39(28-38)59-40-17-18-41-42-19-20-47-51(43-15-10-11-16-46(43)60-47)53(42)58(45(41)29-40)48-27-37(21-22-55-48)54(7,8)9;/h10-27,30H,1-9H3;/q-2;+2. The molecule has 0 spiro atoms. The number of pyridine rings is 1. The third-order valence-electron chi connectivity index (χ3n) is 11.8. The zero-order valence-corrected chi connectivity index (χ0v) is 39.0. The largest absolute Gasteiger partial charge is 2.00 e. The molecule has 6 aromatic carbocycles. The van der Waals surface area contributed by atoms with Gasteiger partial charge in [0.1, 0.15) is 11.5 Å². The van der Waals surface area contributed by atoms with Crippen LogP contribution in [-0.4, -0.2) is 19.3 Å². The van der Waals surface area contributed by atoms with Gasteiger partial charge in [-0.25, -0.2) is 4.98 Å². The smallest absolute Gasteiger partial charge is 0.509 e. The molecule has 304 valence electrons. The predicted molar refractivity (Wildman–Crippen MR) is 251 cm³/mol. The molecule has 0 aliphatic rings. The fraction of sp³-hybridized carbons (Fsp3) is 0.185. The van der Waals surface area contributed by atoms with Crippen LogP contribution in [0.25, 0.3) is 75.9 Å². The van der Waals surface area contributed by atoms with Crippen LogP contribution in [0.15, 0.2) is 116 Å². The van der Waals surface area contributed by atoms with Gasteiger partial charge in [0.2, 0.25) is 0 Å². The van der Waals surface area contributed by atoms with Gasteiger partial charge in [0, 0.05) is 55.2 Å². The molecule has 7 heteroatoms. The average Bonchev–Trinajstić information content (AvgIpc) is 3.89. The minimum Gasteiger partial charge on any atom is -0.509 e. The van der Waals surface area contributed by atoms with Gasteiger partial charge in [0.15, 0.2) is 0 Å². The molecule has 61 heavy (non-hydrogen) atoms. The van der Waals surface area contributed by atoms with Crippen molar-refractivity contribution in [2.24, 2.45) is 0 Å². The van der Waals surface area contributed by atoms with E-state index in [2.05, 4.69) is 164 Å². The third kappa shape index (κ3) is 7.00. The quantitative estimate of drug-likeness (QED) is 0.156. The van der Waals surface area contributed by atoms with Crippen molar-refractivity contribution in [3.63, 3.8) is 0 Å². The summed E-state index contributed by atoms with van der Waals surface area (Å²) >= 11 is 1.83. The maximum atomic E-state index is 6.68. The van der Waals surface area contributed by atoms with Gasteiger partial charge < -0.3 is 9.30 Å². The summed E-state index contributed by atoms with van der Waals surface area (Å²) in [5.41, 5.74) is 15.8. The second kappa shape index (κ2) is 15.3. The molecule has 4 heterocycles. The minimum absolute atomic E-state index is 0. The summed E-state index contributed by atoms with van der Waals surface area (Å²) < 4.78 is 13.4. The zero-order valence-electron chi connectivity index (χ0n) is 35.9. The minimum atomic E-state index is -0.0502. The molecule has 4 aromatic heterocycles. The van der Waals surface area contributed by atoms with Crippen LogP contribution in [0.3, 0.4) is 0 Å². The van der Waals surface area contributed by atoms with Crippen LogP contribution in [0.1, 0.15) is 59.7 Å². The Morgan fingerprint density at radius 3 is 2.03 bits per heavy atom. The number of hydrogen-bond acceptors (Lipinski definition) is 4. The van der Waals surface area contributed by atoms with Crippen LogP contribution < -0.4 is 4.74 Å². The SMILES string of the molecule is Cc1cc(C)c(-c2cn(-c3[c-]c(Oc4[c-]c5c(cc4)c4ccc6sc7ccccc7c6c4n5-c4cc(C(C)(C)C)ccn4)ccc3)nc2-c2c(C)cc(C)cc2C)c(C)c1.[Pt+2]. The summed E-state index contributed by atoms with van der Waals surface area (Å²) in [5, 5.41) is 10.0. The Morgan fingerprint density at radius 1 is 0.639 bits per heavy atom. The van der Waals surface area contributed by atoms with E-state index in [0.717, 1.165) is 50.1 Å². The maximum absolute atomic E-state index is 6.68. The van der Waals surface area contributed by atoms with Crippen LogP contribution in [0, 0.1) is 53.7 Å². The summed E-state index contributed by atoms with van der Waals surface area (Å²) in [6.07, 6.45) is 4.08. The van der Waals surface area contributed by atoms with Gasteiger partial charge >= 0.3 is 21.1 Å². The van der Waals surface area contributed by atoms with Gasteiger partial charge in [-0.1, -0.05) is 85.9 Å². The molecular formula is C54H46N4OPtS. The van der Waals surface area contributed by atoms with Gasteiger partial charge in [0.05, 0.1) is 5.52 Å². The molecule has 0 N–H and O–H groups in total. The Bertz CT molecular complexity index is 3240. The molecule has 0 saturated carbocycles. The Balaban J connectivity index is 0.00000476. The monoisotopic (exact) mass is 993 g/mol. The first-order chi connectivity index (χ1) is 28.8. The Labute approximate surface area is 375 Å². The number of ether oxygens (including phenoxy) is 1. The number of benzene rings is 6. The Morgan fingerprint density at radius 2 is 1.31 bits per heavy atom. The van der Waals surface area contributed by atoms with Crippen molar-refractivity contribution >= 4 is 53.3 Å². The van der Waals surface area contributed by atoms with E-state index in [0.29, 0.717) is 11.5 Å². The number of hydrogen-bond donors (Lipinski definition) is 0. The Kier molecular flexibility index (Phi) is 10.2. The van der Waals surface area contributed by atoms with Crippen molar-refractivity contribution in [1.29, 1.82) is 0 Å². The van der Waals surface area contributed by atoms with Crippen molar-refractivity contribution in [1.82, 2.24) is 19.3 Å². The first kappa shape index (κ1) is 40.6. The molecular weight excluding hydrogens is 948 g/mol. The molecule has 0 radical (unpaired) electrons. The van der Waals surface area contributed by atoms with E-state index in [4.69, 9.17) is 14.8 Å². The van der Waals surface area contributed by atoms with Crippen molar-refractivity contribution in [3.05, 3.63) is 167 Å². The second-order valence-corrected chi connectivity index (χ2v) is 18.5. The average molecular weight is 994 g/mol. The summed E-state index contributed by atoms with van der Waals surface area (Å²) in [5.74, 6) is 2.03. The number of aromatic nitrogens is 4. The van der Waals surface area contributed by atoms with Crippen molar-refractivity contribution in [3.8, 4) is 45.4 Å². The van der Waals surface area contributed by atoms with Gasteiger partial charge in [-0.05, 0) is 116 Å². The number of thiophene rings is 1. The molecule has 0 fully saturated rings. The summed E-state index contributed by atoms with van der Waals surface area (Å²) in [6.45, 7) is 19.8. The third-order valence-corrected chi connectivity index (χ3v) is 12.9. The Hall–Kier alpha value is -5.81. The molecule has 10 rings (SSSR count). The van der Waals surface area contributed by atoms with Crippen LogP contribution >= 0.6 is 11.3 Å². The van der Waals surface area contributed by atoms with Crippen LogP contribution in [-0.2, 0) is 26.5 Å². The van der Waals surface area contributed by atoms with Crippen molar-refractivity contribution in [2.75, 3.05) is 0 Å². The van der Waals surface area contributed by atoms with E-state index in [1.807, 2.05) is 46.5 Å². The molecule has 0 atom stereocenters. The van der Waals surface area contributed by atoms with Gasteiger partial charge in [-0.3, -0.25) is 4.68 Å². The van der Waals surface area contributed by atoms with Crippen LogP contribution in [0.4, 0.5) is 0 Å². The fourth-order valence-corrected chi connectivity index (χ4v) is 10.4. The summed E-state index contributed by atoms with van der Waals surface area (Å²) in [7, 11) is 0. The fourth-order valence-electron chi connectivity index (χ4n) is 9.28. The van der Waals surface area contributed by atoms with E-state index in [9.17, 15) is 0 Å². The van der Waals surface area contributed by atoms with Gasteiger partial charge in [0.25, 0.3) is 0 Å². The van der Waals surface area contributed by atoms with E-state index < -0.39 is 0 Å². The molecule has 10 aromatic rings. The molecule has 0 bridgehead atoms. The summed E-state index contributed by atoms with van der Waals surface area (Å²) in [4.78, 5) is 5.00. The topological polar surface area (TPSA) is 44.9 Å². The predicted octanol–water partition coefficient (Wildman–Crippen LogP) is 14.6. The van der Waals surface area contributed by atoms with E-state index in [-0.39, 0.29) is 26.5 Å². The molecule has 0 amide bonds. The summed E-state index contributed by atoms with van der Waals surface area (Å²) in [6, 6.07) is 43.9. The van der Waals surface area contributed by atoms with E-state index in [1.165, 1.54) is 64.7 Å². The molecule has 0 saturated heterocycles. The molecule has 5 nitrogen and oxygen atoms in total. The number of nitrogens with zero attached hydrogens (tertiary/aromatic N) is 4. The van der Waals surface area contributed by atoms with Crippen molar-refractivity contribution in [2.45, 2.75) is 67.7 Å². The number of fused-ring (bicyclic) bond motifs is 7. The first-order valence-electron chi connectivity index (χ1n) is 20.6. The van der Waals surface area contributed by atoms with Crippen LogP contribution in [0.2, 0.25) is 0 Å².